The zero-order chi connectivity index (χ0) is 24.5. The van der Waals surface area contributed by atoms with Gasteiger partial charge in [0.1, 0.15) is 11.6 Å². The van der Waals surface area contributed by atoms with E-state index < -0.39 is 0 Å². The number of para-hydroxylation sites is 2. The molecule has 35 heavy (non-hydrogen) atoms. The Kier molecular flexibility index (Phi) is 7.75. The third-order valence-electron chi connectivity index (χ3n) is 5.39. The van der Waals surface area contributed by atoms with Gasteiger partial charge in [-0.15, -0.1) is 0 Å². The minimum absolute atomic E-state index is 0.210. The summed E-state index contributed by atoms with van der Waals surface area (Å²) in [6.45, 7) is 1.27. The molecule has 4 aromatic rings. The Labute approximate surface area is 204 Å². The van der Waals surface area contributed by atoms with Crippen LogP contribution in [0.2, 0.25) is 0 Å². The summed E-state index contributed by atoms with van der Waals surface area (Å²) in [5, 5.41) is 9.38. The van der Waals surface area contributed by atoms with Crippen molar-refractivity contribution in [3.8, 4) is 5.75 Å². The maximum absolute atomic E-state index is 12.5. The molecule has 3 aromatic carbocycles. The number of anilines is 4. The highest BCUT2D eigenvalue weighted by molar-refractivity contribution is 6.05. The number of rotatable bonds is 10. The van der Waals surface area contributed by atoms with E-state index in [2.05, 4.69) is 32.0 Å². The number of nitrogens with one attached hydrogen (secondary N) is 3. The van der Waals surface area contributed by atoms with Crippen molar-refractivity contribution in [1.29, 1.82) is 0 Å². The topological polar surface area (TPSA) is 114 Å². The van der Waals surface area contributed by atoms with Crippen LogP contribution < -0.4 is 26.4 Å². The molecule has 1 heterocycles. The Balaban J connectivity index is 1.27. The lowest BCUT2D eigenvalue weighted by Crippen LogP contribution is -2.13. The van der Waals surface area contributed by atoms with E-state index in [1.165, 1.54) is 5.56 Å². The molecule has 0 bridgehead atoms. The molecule has 1 amide bonds. The van der Waals surface area contributed by atoms with Gasteiger partial charge in [0.15, 0.2) is 0 Å². The van der Waals surface area contributed by atoms with E-state index in [1.54, 1.807) is 37.6 Å². The Morgan fingerprint density at radius 2 is 1.77 bits per heavy atom. The van der Waals surface area contributed by atoms with Crippen LogP contribution in [0.4, 0.5) is 23.1 Å². The summed E-state index contributed by atoms with van der Waals surface area (Å²) in [6, 6.07) is 24.4. The lowest BCUT2D eigenvalue weighted by Gasteiger charge is -2.10. The lowest BCUT2D eigenvalue weighted by molar-refractivity contribution is 0.102. The number of nitrogen functional groups attached to an aromatic ring is 1. The van der Waals surface area contributed by atoms with Crippen LogP contribution in [0, 0.1) is 0 Å². The summed E-state index contributed by atoms with van der Waals surface area (Å²) in [4.78, 5) is 21.3. The second kappa shape index (κ2) is 11.5. The maximum Gasteiger partial charge on any atom is 0.255 e. The summed E-state index contributed by atoms with van der Waals surface area (Å²) < 4.78 is 5.27. The van der Waals surface area contributed by atoms with Gasteiger partial charge in [-0.2, -0.15) is 4.98 Å². The monoisotopic (exact) mass is 468 g/mol. The number of nitrogens with two attached hydrogens (primary N) is 1. The van der Waals surface area contributed by atoms with Crippen LogP contribution in [0.5, 0.6) is 5.75 Å². The fourth-order valence-corrected chi connectivity index (χ4v) is 3.47. The molecule has 1 aromatic heterocycles. The number of nitrogens with zero attached hydrogens (tertiary/aromatic N) is 2. The first-order valence-electron chi connectivity index (χ1n) is 11.3. The smallest absolute Gasteiger partial charge is 0.255 e. The van der Waals surface area contributed by atoms with Gasteiger partial charge < -0.3 is 26.4 Å². The van der Waals surface area contributed by atoms with Gasteiger partial charge in [-0.1, -0.05) is 36.4 Å². The molecule has 0 saturated heterocycles. The van der Waals surface area contributed by atoms with Crippen LogP contribution in [0.1, 0.15) is 21.5 Å². The molecule has 0 radical (unpaired) electrons. The summed E-state index contributed by atoms with van der Waals surface area (Å²) in [5.41, 5.74) is 9.76. The van der Waals surface area contributed by atoms with Gasteiger partial charge in [-0.05, 0) is 60.0 Å². The highest BCUT2D eigenvalue weighted by atomic mass is 16.5. The van der Waals surface area contributed by atoms with Crippen molar-refractivity contribution in [2.45, 2.75) is 13.0 Å². The van der Waals surface area contributed by atoms with Crippen molar-refractivity contribution >= 4 is 29.0 Å². The number of methoxy groups -OCH3 is 1. The first-order chi connectivity index (χ1) is 17.1. The molecule has 0 saturated carbocycles. The third kappa shape index (κ3) is 6.70. The van der Waals surface area contributed by atoms with Crippen molar-refractivity contribution in [2.75, 3.05) is 35.3 Å². The fraction of sp³-hybridized carbons (Fsp3) is 0.148. The first kappa shape index (κ1) is 23.6. The van der Waals surface area contributed by atoms with Gasteiger partial charge in [0.2, 0.25) is 5.95 Å². The predicted molar refractivity (Wildman–Crippen MR) is 140 cm³/mol. The van der Waals surface area contributed by atoms with E-state index in [0.717, 1.165) is 30.1 Å². The van der Waals surface area contributed by atoms with Gasteiger partial charge in [0.05, 0.1) is 18.5 Å². The molecule has 0 atom stereocenters. The van der Waals surface area contributed by atoms with Crippen molar-refractivity contribution in [2.24, 2.45) is 0 Å². The van der Waals surface area contributed by atoms with E-state index in [-0.39, 0.29) is 5.91 Å². The second-order valence-corrected chi connectivity index (χ2v) is 7.89. The van der Waals surface area contributed by atoms with Crippen molar-refractivity contribution in [3.63, 3.8) is 0 Å². The van der Waals surface area contributed by atoms with Crippen LogP contribution in [-0.2, 0) is 13.0 Å². The number of carbonyl (C=O) groups excluding carboxylic acids is 1. The summed E-state index contributed by atoms with van der Waals surface area (Å²) in [7, 11) is 1.67. The third-order valence-corrected chi connectivity index (χ3v) is 5.39. The van der Waals surface area contributed by atoms with E-state index in [1.807, 2.05) is 48.5 Å². The van der Waals surface area contributed by atoms with Crippen LogP contribution in [0.25, 0.3) is 0 Å². The zero-order valence-electron chi connectivity index (χ0n) is 19.5. The summed E-state index contributed by atoms with van der Waals surface area (Å²) in [6.07, 6.45) is 2.56. The number of carbonyl (C=O) groups is 1. The molecule has 4 rings (SSSR count). The Morgan fingerprint density at radius 3 is 2.57 bits per heavy atom. The minimum atomic E-state index is -0.210. The maximum atomic E-state index is 12.5. The fourth-order valence-electron chi connectivity index (χ4n) is 3.47. The highest BCUT2D eigenvalue weighted by Crippen LogP contribution is 2.18. The number of amides is 1. The van der Waals surface area contributed by atoms with Gasteiger partial charge in [-0.25, -0.2) is 4.98 Å². The summed E-state index contributed by atoms with van der Waals surface area (Å²) in [5.74, 6) is 1.92. The number of aromatic nitrogens is 2. The molecular formula is C27H28N6O2. The SMILES string of the molecule is COc1cccc(CCNc2ccnc(NCc3ccc(C(=O)Nc4ccccc4N)cc3)n2)c1. The first-order valence-corrected chi connectivity index (χ1v) is 11.3. The van der Waals surface area contributed by atoms with E-state index >= 15 is 0 Å². The standard InChI is InChI=1S/C27H28N6O2/c1-35-22-6-4-5-19(17-22)13-15-29-25-14-16-30-27(33-25)31-18-20-9-11-21(12-10-20)26(34)32-24-8-3-2-7-23(24)28/h2-12,14,16-17H,13,15,18,28H2,1H3,(H,32,34)(H2,29,30,31,33). The second-order valence-electron chi connectivity index (χ2n) is 7.89. The molecule has 0 aliphatic heterocycles. The molecule has 0 spiro atoms. The molecule has 178 valence electrons. The highest BCUT2D eigenvalue weighted by Gasteiger charge is 2.08. The van der Waals surface area contributed by atoms with Crippen LogP contribution >= 0.6 is 0 Å². The van der Waals surface area contributed by atoms with E-state index in [0.29, 0.717) is 29.4 Å². The molecule has 8 nitrogen and oxygen atoms in total. The van der Waals surface area contributed by atoms with E-state index in [4.69, 9.17) is 10.5 Å². The Hall–Kier alpha value is -4.59. The van der Waals surface area contributed by atoms with Gasteiger partial charge >= 0.3 is 0 Å². The number of hydrogen-bond acceptors (Lipinski definition) is 7. The van der Waals surface area contributed by atoms with Gasteiger partial charge in [-0.3, -0.25) is 4.79 Å². The van der Waals surface area contributed by atoms with Crippen molar-refractivity contribution in [1.82, 2.24) is 9.97 Å². The van der Waals surface area contributed by atoms with Crippen molar-refractivity contribution in [3.05, 3.63) is 102 Å². The number of benzene rings is 3. The van der Waals surface area contributed by atoms with Crippen LogP contribution in [-0.4, -0.2) is 29.5 Å². The normalized spacial score (nSPS) is 10.4. The number of ether oxygens (including phenoxy) is 1. The summed E-state index contributed by atoms with van der Waals surface area (Å²) >= 11 is 0. The average molecular weight is 469 g/mol. The van der Waals surface area contributed by atoms with Gasteiger partial charge in [0, 0.05) is 24.8 Å². The Morgan fingerprint density at radius 1 is 0.943 bits per heavy atom. The largest absolute Gasteiger partial charge is 0.497 e. The van der Waals surface area contributed by atoms with Gasteiger partial charge in [0.25, 0.3) is 5.91 Å². The quantitative estimate of drug-likeness (QED) is 0.252. The molecule has 0 fully saturated rings. The van der Waals surface area contributed by atoms with Crippen LogP contribution in [0.3, 0.4) is 0 Å². The average Bonchev–Trinajstić information content (AvgIpc) is 2.89. The zero-order valence-corrected chi connectivity index (χ0v) is 19.5. The molecule has 0 aliphatic rings. The minimum Gasteiger partial charge on any atom is -0.497 e. The Bertz CT molecular complexity index is 1280. The molecule has 0 unspecified atom stereocenters. The lowest BCUT2D eigenvalue weighted by atomic mass is 10.1. The van der Waals surface area contributed by atoms with E-state index in [9.17, 15) is 4.79 Å². The molecule has 5 N–H and O–H groups in total. The van der Waals surface area contributed by atoms with Crippen molar-refractivity contribution < 1.29 is 9.53 Å². The molecular weight excluding hydrogens is 440 g/mol. The van der Waals surface area contributed by atoms with Crippen LogP contribution in [0.15, 0.2) is 85.1 Å². The molecule has 8 heteroatoms. The molecule has 0 aliphatic carbocycles. The number of hydrogen-bond donors (Lipinski definition) is 4. The predicted octanol–water partition coefficient (Wildman–Crippen LogP) is 4.59.